The predicted molar refractivity (Wildman–Crippen MR) is 55.9 cm³/mol. The third-order valence-electron chi connectivity index (χ3n) is 2.02. The van der Waals surface area contributed by atoms with Crippen LogP contribution in [0.15, 0.2) is 41.2 Å². The van der Waals surface area contributed by atoms with Crippen LogP contribution in [-0.2, 0) is 6.61 Å². The molecule has 15 heavy (non-hydrogen) atoms. The molecule has 0 amide bonds. The molecule has 1 N–H and O–H groups in total. The van der Waals surface area contributed by atoms with Gasteiger partial charge in [-0.25, -0.2) is 0 Å². The van der Waals surface area contributed by atoms with Crippen LogP contribution in [0.2, 0.25) is 0 Å². The lowest BCUT2D eigenvalue weighted by Gasteiger charge is -2.05. The standard InChI is InChI=1S/C12H12O3/c1-9-4-11(13)6-12(5-9)15-8-10-2-3-14-7-10/h2-7,13H,8H2,1H3. The summed E-state index contributed by atoms with van der Waals surface area (Å²) in [5.41, 5.74) is 1.94. The maximum Gasteiger partial charge on any atom is 0.123 e. The van der Waals surface area contributed by atoms with Crippen molar-refractivity contribution in [1.82, 2.24) is 0 Å². The van der Waals surface area contributed by atoms with Crippen LogP contribution in [0, 0.1) is 6.92 Å². The van der Waals surface area contributed by atoms with Crippen LogP contribution in [0.25, 0.3) is 0 Å². The highest BCUT2D eigenvalue weighted by atomic mass is 16.5. The van der Waals surface area contributed by atoms with E-state index >= 15 is 0 Å². The van der Waals surface area contributed by atoms with Crippen LogP contribution in [0.4, 0.5) is 0 Å². The number of aryl methyl sites for hydroxylation is 1. The smallest absolute Gasteiger partial charge is 0.123 e. The van der Waals surface area contributed by atoms with Crippen molar-refractivity contribution in [2.45, 2.75) is 13.5 Å². The van der Waals surface area contributed by atoms with Gasteiger partial charge >= 0.3 is 0 Å². The van der Waals surface area contributed by atoms with Gasteiger partial charge in [-0.1, -0.05) is 0 Å². The van der Waals surface area contributed by atoms with E-state index in [0.29, 0.717) is 12.4 Å². The molecule has 1 heterocycles. The molecule has 1 aromatic carbocycles. The SMILES string of the molecule is Cc1cc(O)cc(OCc2ccoc2)c1. The van der Waals surface area contributed by atoms with Crippen LogP contribution in [-0.4, -0.2) is 5.11 Å². The Hall–Kier alpha value is -1.90. The number of phenolic OH excluding ortho intramolecular Hbond substituents is 1. The van der Waals surface area contributed by atoms with Gasteiger partial charge in [0.1, 0.15) is 18.1 Å². The van der Waals surface area contributed by atoms with Crippen LogP contribution in [0.1, 0.15) is 11.1 Å². The largest absolute Gasteiger partial charge is 0.508 e. The molecule has 0 bridgehead atoms. The van der Waals surface area contributed by atoms with Crippen LogP contribution >= 0.6 is 0 Å². The van der Waals surface area contributed by atoms with Gasteiger partial charge in [-0.15, -0.1) is 0 Å². The number of rotatable bonds is 3. The van der Waals surface area contributed by atoms with E-state index in [2.05, 4.69) is 0 Å². The first kappa shape index (κ1) is 9.65. The lowest BCUT2D eigenvalue weighted by atomic mass is 10.2. The fourth-order valence-corrected chi connectivity index (χ4v) is 1.35. The van der Waals surface area contributed by atoms with E-state index in [4.69, 9.17) is 9.15 Å². The summed E-state index contributed by atoms with van der Waals surface area (Å²) >= 11 is 0. The van der Waals surface area contributed by atoms with E-state index in [1.54, 1.807) is 24.7 Å². The minimum absolute atomic E-state index is 0.220. The van der Waals surface area contributed by atoms with E-state index in [1.807, 2.05) is 19.1 Å². The summed E-state index contributed by atoms with van der Waals surface area (Å²) in [5.74, 6) is 0.880. The van der Waals surface area contributed by atoms with Crippen molar-refractivity contribution in [3.8, 4) is 11.5 Å². The Bertz CT molecular complexity index is 412. The minimum Gasteiger partial charge on any atom is -0.508 e. The topological polar surface area (TPSA) is 42.6 Å². The molecule has 2 aromatic rings. The first-order valence-corrected chi connectivity index (χ1v) is 4.68. The summed E-state index contributed by atoms with van der Waals surface area (Å²) in [4.78, 5) is 0. The molecule has 78 valence electrons. The monoisotopic (exact) mass is 204 g/mol. The molecule has 3 heteroatoms. The van der Waals surface area contributed by atoms with Crippen molar-refractivity contribution in [3.05, 3.63) is 47.9 Å². The highest BCUT2D eigenvalue weighted by molar-refractivity contribution is 5.36. The number of furan rings is 1. The predicted octanol–water partition coefficient (Wildman–Crippen LogP) is 2.87. The second-order valence-corrected chi connectivity index (χ2v) is 3.42. The Morgan fingerprint density at radius 3 is 2.87 bits per heavy atom. The molecule has 0 spiro atoms. The van der Waals surface area contributed by atoms with Gasteiger partial charge in [0.2, 0.25) is 0 Å². The lowest BCUT2D eigenvalue weighted by molar-refractivity contribution is 0.303. The zero-order valence-electron chi connectivity index (χ0n) is 8.43. The zero-order chi connectivity index (χ0) is 10.7. The van der Waals surface area contributed by atoms with Gasteiger partial charge in [-0.3, -0.25) is 0 Å². The average Bonchev–Trinajstić information content (AvgIpc) is 2.65. The van der Waals surface area contributed by atoms with Gasteiger partial charge < -0.3 is 14.3 Å². The third-order valence-corrected chi connectivity index (χ3v) is 2.02. The molecule has 0 unspecified atom stereocenters. The van der Waals surface area contributed by atoms with Crippen molar-refractivity contribution >= 4 is 0 Å². The normalized spacial score (nSPS) is 10.2. The van der Waals surface area contributed by atoms with Gasteiger partial charge in [0.25, 0.3) is 0 Å². The molecule has 0 fully saturated rings. The maximum atomic E-state index is 9.35. The maximum absolute atomic E-state index is 9.35. The zero-order valence-corrected chi connectivity index (χ0v) is 8.43. The summed E-state index contributed by atoms with van der Waals surface area (Å²) in [7, 11) is 0. The van der Waals surface area contributed by atoms with Crippen molar-refractivity contribution in [3.63, 3.8) is 0 Å². The number of benzene rings is 1. The summed E-state index contributed by atoms with van der Waals surface area (Å²) in [6.07, 6.45) is 3.24. The summed E-state index contributed by atoms with van der Waals surface area (Å²) < 4.78 is 10.4. The van der Waals surface area contributed by atoms with Crippen molar-refractivity contribution in [2.75, 3.05) is 0 Å². The molecule has 0 saturated heterocycles. The minimum atomic E-state index is 0.220. The molecular weight excluding hydrogens is 192 g/mol. The molecule has 1 aromatic heterocycles. The first-order chi connectivity index (χ1) is 7.24. The highest BCUT2D eigenvalue weighted by Gasteiger charge is 1.99. The number of hydrogen-bond donors (Lipinski definition) is 1. The van der Waals surface area contributed by atoms with Gasteiger partial charge in [-0.2, -0.15) is 0 Å². The second kappa shape index (κ2) is 4.09. The van der Waals surface area contributed by atoms with Crippen LogP contribution < -0.4 is 4.74 Å². The Morgan fingerprint density at radius 1 is 1.33 bits per heavy atom. The lowest BCUT2D eigenvalue weighted by Crippen LogP contribution is -1.93. The fraction of sp³-hybridized carbons (Fsp3) is 0.167. The molecule has 0 aliphatic rings. The summed E-state index contributed by atoms with van der Waals surface area (Å²) in [6.45, 7) is 2.35. The second-order valence-electron chi connectivity index (χ2n) is 3.42. The number of phenols is 1. The number of hydrogen-bond acceptors (Lipinski definition) is 3. The van der Waals surface area contributed by atoms with E-state index in [0.717, 1.165) is 11.1 Å². The third kappa shape index (κ3) is 2.53. The molecule has 0 radical (unpaired) electrons. The quantitative estimate of drug-likeness (QED) is 0.835. The van der Waals surface area contributed by atoms with Crippen LogP contribution in [0.5, 0.6) is 11.5 Å². The summed E-state index contributed by atoms with van der Waals surface area (Å²) in [6, 6.07) is 6.99. The van der Waals surface area contributed by atoms with E-state index < -0.39 is 0 Å². The Balaban J connectivity index is 2.05. The Labute approximate surface area is 87.9 Å². The first-order valence-electron chi connectivity index (χ1n) is 4.68. The van der Waals surface area contributed by atoms with Gasteiger partial charge in [-0.05, 0) is 30.7 Å². The molecule has 0 aliphatic carbocycles. The average molecular weight is 204 g/mol. The molecule has 0 saturated carbocycles. The Kier molecular flexibility index (Phi) is 2.63. The molecule has 3 nitrogen and oxygen atoms in total. The fourth-order valence-electron chi connectivity index (χ4n) is 1.35. The highest BCUT2D eigenvalue weighted by Crippen LogP contribution is 2.22. The summed E-state index contributed by atoms with van der Waals surface area (Å²) in [5, 5.41) is 9.35. The number of ether oxygens (including phenoxy) is 1. The Morgan fingerprint density at radius 2 is 2.20 bits per heavy atom. The van der Waals surface area contributed by atoms with Crippen molar-refractivity contribution in [1.29, 1.82) is 0 Å². The molecule has 0 atom stereocenters. The van der Waals surface area contributed by atoms with Crippen molar-refractivity contribution in [2.24, 2.45) is 0 Å². The van der Waals surface area contributed by atoms with Gasteiger partial charge in [0.15, 0.2) is 0 Å². The van der Waals surface area contributed by atoms with Crippen LogP contribution in [0.3, 0.4) is 0 Å². The number of aromatic hydroxyl groups is 1. The molecule has 0 aliphatic heterocycles. The van der Waals surface area contributed by atoms with E-state index in [9.17, 15) is 5.11 Å². The molecular formula is C12H12O3. The van der Waals surface area contributed by atoms with Crippen molar-refractivity contribution < 1.29 is 14.3 Å². The molecule has 2 rings (SSSR count). The van der Waals surface area contributed by atoms with Gasteiger partial charge in [0, 0.05) is 11.6 Å². The van der Waals surface area contributed by atoms with Gasteiger partial charge in [0.05, 0.1) is 12.5 Å². The van der Waals surface area contributed by atoms with E-state index in [1.165, 1.54) is 0 Å². The van der Waals surface area contributed by atoms with E-state index in [-0.39, 0.29) is 5.75 Å².